The molecule has 0 aliphatic heterocycles. The number of hydrogen-bond acceptors (Lipinski definition) is 7. The van der Waals surface area contributed by atoms with Gasteiger partial charge >= 0.3 is 0 Å². The quantitative estimate of drug-likeness (QED) is 0.272. The lowest BCUT2D eigenvalue weighted by molar-refractivity contribution is 0.312. The number of sulfonamides is 1. The molecule has 10 heteroatoms. The summed E-state index contributed by atoms with van der Waals surface area (Å²) in [6, 6.07) is 18.8. The molecule has 0 saturated heterocycles. The number of nitrogens with one attached hydrogen (secondary N) is 1. The topological polar surface area (TPSA) is 117 Å². The molecular formula is C27H30N4O5S. The molecule has 0 radical (unpaired) electrons. The van der Waals surface area contributed by atoms with Crippen LogP contribution < -0.4 is 10.1 Å². The first-order chi connectivity index (χ1) is 17.7. The number of benzene rings is 3. The second kappa shape index (κ2) is 11.0. The zero-order valence-corrected chi connectivity index (χ0v) is 21.7. The molecule has 3 N–H and O–H groups in total. The van der Waals surface area contributed by atoms with Crippen molar-refractivity contribution in [2.45, 2.75) is 18.4 Å². The molecule has 9 nitrogen and oxygen atoms in total. The van der Waals surface area contributed by atoms with E-state index in [9.17, 15) is 18.6 Å². The van der Waals surface area contributed by atoms with E-state index < -0.39 is 15.8 Å². The van der Waals surface area contributed by atoms with Gasteiger partial charge in [0.2, 0.25) is 10.0 Å². The first-order valence-corrected chi connectivity index (χ1v) is 13.2. The molecule has 0 bridgehead atoms. The van der Waals surface area contributed by atoms with E-state index >= 15 is 0 Å². The summed E-state index contributed by atoms with van der Waals surface area (Å²) in [6.45, 7) is 3.03. The average Bonchev–Trinajstić information content (AvgIpc) is 3.34. The Morgan fingerprint density at radius 2 is 1.76 bits per heavy atom. The van der Waals surface area contributed by atoms with Gasteiger partial charge in [-0.1, -0.05) is 36.4 Å². The third-order valence-corrected chi connectivity index (χ3v) is 7.84. The number of aromatic hydroxyl groups is 2. The molecule has 194 valence electrons. The van der Waals surface area contributed by atoms with Crippen molar-refractivity contribution >= 4 is 10.0 Å². The lowest BCUT2D eigenvalue weighted by Gasteiger charge is -2.21. The molecule has 0 atom stereocenters. The second-order valence-electron chi connectivity index (χ2n) is 8.57. The highest BCUT2D eigenvalue weighted by Crippen LogP contribution is 2.39. The minimum atomic E-state index is -4.15. The Morgan fingerprint density at radius 3 is 2.51 bits per heavy atom. The average molecular weight is 523 g/mol. The molecule has 37 heavy (non-hydrogen) atoms. The lowest BCUT2D eigenvalue weighted by Crippen LogP contribution is -2.27. The largest absolute Gasteiger partial charge is 0.507 e. The van der Waals surface area contributed by atoms with Gasteiger partial charge in [0, 0.05) is 37.3 Å². The predicted octanol–water partition coefficient (Wildman–Crippen LogP) is 3.68. The van der Waals surface area contributed by atoms with Crippen LogP contribution in [0.4, 0.5) is 0 Å². The van der Waals surface area contributed by atoms with Gasteiger partial charge in [0.25, 0.3) is 0 Å². The van der Waals surface area contributed by atoms with E-state index in [1.807, 2.05) is 50.4 Å². The maximum absolute atomic E-state index is 13.6. The van der Waals surface area contributed by atoms with Gasteiger partial charge in [0.05, 0.1) is 17.6 Å². The number of aromatic nitrogens is 2. The summed E-state index contributed by atoms with van der Waals surface area (Å²) >= 11 is 0. The van der Waals surface area contributed by atoms with Gasteiger partial charge in [-0.05, 0) is 43.8 Å². The first-order valence-electron chi connectivity index (χ1n) is 11.7. The van der Waals surface area contributed by atoms with Crippen molar-refractivity contribution in [3.8, 4) is 34.2 Å². The summed E-state index contributed by atoms with van der Waals surface area (Å²) in [5.41, 5.74) is 3.12. The first kappa shape index (κ1) is 26.2. The number of ether oxygens (including phenoxy) is 1. The monoisotopic (exact) mass is 522 g/mol. The Morgan fingerprint density at radius 1 is 1.03 bits per heavy atom. The predicted molar refractivity (Wildman–Crippen MR) is 142 cm³/mol. The third-order valence-electron chi connectivity index (χ3n) is 6.00. The minimum absolute atomic E-state index is 0.0227. The van der Waals surface area contributed by atoms with Crippen LogP contribution in [0.1, 0.15) is 11.1 Å². The number of phenolic OH excluding ortho intramolecular Hbond substituents is 2. The molecular weight excluding hydrogens is 492 g/mol. The fourth-order valence-corrected chi connectivity index (χ4v) is 5.24. The van der Waals surface area contributed by atoms with Crippen LogP contribution in [0.25, 0.3) is 16.9 Å². The number of likely N-dealkylation sites (N-methyl/N-ethyl adjacent to an activating group) is 1. The molecule has 0 saturated carbocycles. The molecule has 1 aromatic heterocycles. The van der Waals surface area contributed by atoms with Crippen molar-refractivity contribution in [3.05, 3.63) is 84.1 Å². The van der Waals surface area contributed by atoms with Crippen LogP contribution in [0.15, 0.2) is 77.8 Å². The highest BCUT2D eigenvalue weighted by molar-refractivity contribution is 7.89. The fourth-order valence-electron chi connectivity index (χ4n) is 4.00. The van der Waals surface area contributed by atoms with E-state index in [0.717, 1.165) is 21.6 Å². The molecule has 0 unspecified atom stereocenters. The molecule has 1 heterocycles. The van der Waals surface area contributed by atoms with Crippen LogP contribution in [0.2, 0.25) is 0 Å². The molecule has 4 aromatic rings. The zero-order chi connectivity index (χ0) is 26.6. The lowest BCUT2D eigenvalue weighted by atomic mass is 10.1. The maximum Gasteiger partial charge on any atom is 0.246 e. The van der Waals surface area contributed by atoms with Gasteiger partial charge in [-0.3, -0.25) is 0 Å². The van der Waals surface area contributed by atoms with E-state index in [0.29, 0.717) is 30.2 Å². The van der Waals surface area contributed by atoms with Gasteiger partial charge in [0.1, 0.15) is 28.8 Å². The van der Waals surface area contributed by atoms with Crippen molar-refractivity contribution in [1.29, 1.82) is 0 Å². The van der Waals surface area contributed by atoms with Gasteiger partial charge < -0.3 is 20.3 Å². The van der Waals surface area contributed by atoms with E-state index in [1.165, 1.54) is 13.1 Å². The molecule has 0 fully saturated rings. The molecule has 0 aliphatic carbocycles. The standard InChI is InChI=1S/C27H30N4O5S/c1-19-8-4-6-10-22(19)31-23(12-13-29-31)21-16-27(25(33)17-24(21)32)37(34,35)30(3)18-20-9-5-7-11-26(20)36-15-14-28-2/h4-13,16-17,28,32-33H,14-15,18H2,1-3H3. The van der Waals surface area contributed by atoms with Gasteiger partial charge in [-0.2, -0.15) is 9.40 Å². The summed E-state index contributed by atoms with van der Waals surface area (Å²) in [6.07, 6.45) is 1.57. The molecule has 4 rings (SSSR count). The van der Waals surface area contributed by atoms with Crippen molar-refractivity contribution in [2.75, 3.05) is 27.2 Å². The van der Waals surface area contributed by atoms with E-state index in [4.69, 9.17) is 4.74 Å². The summed E-state index contributed by atoms with van der Waals surface area (Å²) in [5, 5.41) is 28.6. The van der Waals surface area contributed by atoms with Crippen molar-refractivity contribution < 1.29 is 23.4 Å². The molecule has 0 spiro atoms. The number of phenols is 2. The van der Waals surface area contributed by atoms with E-state index in [2.05, 4.69) is 10.4 Å². The van der Waals surface area contributed by atoms with Crippen LogP contribution in [0.5, 0.6) is 17.2 Å². The maximum atomic E-state index is 13.6. The Labute approximate surface area is 216 Å². The number of rotatable bonds is 10. The fraction of sp³-hybridized carbons (Fsp3) is 0.222. The number of hydrogen-bond donors (Lipinski definition) is 3. The van der Waals surface area contributed by atoms with Gasteiger partial charge in [-0.15, -0.1) is 0 Å². The summed E-state index contributed by atoms with van der Waals surface area (Å²) < 4.78 is 35.7. The van der Waals surface area contributed by atoms with Crippen LogP contribution >= 0.6 is 0 Å². The molecule has 0 aliphatic rings. The number of para-hydroxylation sites is 2. The smallest absolute Gasteiger partial charge is 0.246 e. The van der Waals surface area contributed by atoms with E-state index in [-0.39, 0.29) is 22.8 Å². The minimum Gasteiger partial charge on any atom is -0.507 e. The SMILES string of the molecule is CNCCOc1ccccc1CN(C)S(=O)(=O)c1cc(-c2ccnn2-c2ccccc2C)c(O)cc1O. The number of aryl methyl sites for hydroxylation is 1. The summed E-state index contributed by atoms with van der Waals surface area (Å²) in [4.78, 5) is -0.325. The molecule has 3 aromatic carbocycles. The third kappa shape index (κ3) is 5.46. The summed E-state index contributed by atoms with van der Waals surface area (Å²) in [5.74, 6) is -0.233. The molecule has 0 amide bonds. The zero-order valence-electron chi connectivity index (χ0n) is 20.9. The van der Waals surface area contributed by atoms with Crippen molar-refractivity contribution in [1.82, 2.24) is 19.4 Å². The van der Waals surface area contributed by atoms with Gasteiger partial charge in [0.15, 0.2) is 0 Å². The van der Waals surface area contributed by atoms with Crippen molar-refractivity contribution in [3.63, 3.8) is 0 Å². The van der Waals surface area contributed by atoms with Crippen molar-refractivity contribution in [2.24, 2.45) is 0 Å². The normalized spacial score (nSPS) is 11.7. The Bertz CT molecular complexity index is 1500. The van der Waals surface area contributed by atoms with Gasteiger partial charge in [-0.25, -0.2) is 13.1 Å². The van der Waals surface area contributed by atoms with Crippen LogP contribution in [-0.2, 0) is 16.6 Å². The number of nitrogens with zero attached hydrogens (tertiary/aromatic N) is 3. The van der Waals surface area contributed by atoms with E-state index in [1.54, 1.807) is 29.1 Å². The Kier molecular flexibility index (Phi) is 7.82. The Hall–Kier alpha value is -3.86. The summed E-state index contributed by atoms with van der Waals surface area (Å²) in [7, 11) is -0.896. The van der Waals surface area contributed by atoms with Crippen LogP contribution in [0, 0.1) is 6.92 Å². The van der Waals surface area contributed by atoms with Crippen LogP contribution in [0.3, 0.4) is 0 Å². The Balaban J connectivity index is 1.70. The van der Waals surface area contributed by atoms with Crippen LogP contribution in [-0.4, -0.2) is 60.0 Å². The highest BCUT2D eigenvalue weighted by atomic mass is 32.2. The highest BCUT2D eigenvalue weighted by Gasteiger charge is 2.28. The second-order valence-corrected chi connectivity index (χ2v) is 10.6.